The molecule has 0 bridgehead atoms. The number of unbranched alkanes of at least 4 members (excludes halogenated alkanes) is 5. The molecule has 0 saturated carbocycles. The van der Waals surface area contributed by atoms with E-state index in [1.807, 2.05) is 0 Å². The third kappa shape index (κ3) is 12.4. The standard InChI is InChI=1S/C8H16N2O2.C8H18/c1-7(11)9-5-8-6-10(2)3-4-12-8;1-3-5-7-8-6-4-2/h8H,3-6H2,1-2H3,(H,9,11);3-8H2,1-2H3. The van der Waals surface area contributed by atoms with E-state index in [4.69, 9.17) is 4.74 Å². The normalized spacial score (nSPS) is 19.1. The highest BCUT2D eigenvalue weighted by molar-refractivity contribution is 5.72. The summed E-state index contributed by atoms with van der Waals surface area (Å²) in [6.45, 7) is 9.31. The zero-order valence-electron chi connectivity index (χ0n) is 13.9. The molecular formula is C16H34N2O2. The third-order valence-electron chi connectivity index (χ3n) is 3.38. The first-order valence-electron chi connectivity index (χ1n) is 8.14. The molecule has 0 aromatic rings. The Bertz CT molecular complexity index is 229. The number of carbonyl (C=O) groups is 1. The lowest BCUT2D eigenvalue weighted by Crippen LogP contribution is -2.45. The third-order valence-corrected chi connectivity index (χ3v) is 3.38. The summed E-state index contributed by atoms with van der Waals surface area (Å²) >= 11 is 0. The minimum atomic E-state index is 0.00632. The lowest BCUT2D eigenvalue weighted by molar-refractivity contribution is -0.120. The Balaban J connectivity index is 0.000000396. The molecule has 4 nitrogen and oxygen atoms in total. The van der Waals surface area contributed by atoms with Crippen LogP contribution >= 0.6 is 0 Å². The molecule has 1 unspecified atom stereocenters. The number of hydrogen-bond donors (Lipinski definition) is 1. The fourth-order valence-corrected chi connectivity index (χ4v) is 2.10. The highest BCUT2D eigenvalue weighted by Crippen LogP contribution is 2.03. The van der Waals surface area contributed by atoms with Crippen LogP contribution in [0.5, 0.6) is 0 Å². The molecule has 0 radical (unpaired) electrons. The molecular weight excluding hydrogens is 252 g/mol. The molecule has 1 heterocycles. The highest BCUT2D eigenvalue weighted by Gasteiger charge is 2.17. The molecule has 1 fully saturated rings. The number of morpholine rings is 1. The Labute approximate surface area is 125 Å². The Morgan fingerprint density at radius 1 is 1.20 bits per heavy atom. The molecule has 0 aliphatic carbocycles. The van der Waals surface area contributed by atoms with Crippen molar-refractivity contribution in [2.45, 2.75) is 65.4 Å². The number of nitrogens with one attached hydrogen (secondary N) is 1. The molecule has 0 aromatic carbocycles. The summed E-state index contributed by atoms with van der Waals surface area (Å²) in [6.07, 6.45) is 8.65. The summed E-state index contributed by atoms with van der Waals surface area (Å²) in [5.41, 5.74) is 0. The maximum absolute atomic E-state index is 10.6. The van der Waals surface area contributed by atoms with Gasteiger partial charge in [-0.2, -0.15) is 0 Å². The van der Waals surface area contributed by atoms with Gasteiger partial charge in [0.2, 0.25) is 5.91 Å². The van der Waals surface area contributed by atoms with Crippen molar-refractivity contribution in [1.29, 1.82) is 0 Å². The highest BCUT2D eigenvalue weighted by atomic mass is 16.5. The van der Waals surface area contributed by atoms with Crippen molar-refractivity contribution >= 4 is 5.91 Å². The van der Waals surface area contributed by atoms with E-state index in [1.54, 1.807) is 0 Å². The molecule has 1 saturated heterocycles. The molecule has 1 aliphatic rings. The van der Waals surface area contributed by atoms with Gasteiger partial charge >= 0.3 is 0 Å². The Kier molecular flexibility index (Phi) is 13.0. The van der Waals surface area contributed by atoms with Gasteiger partial charge in [0.1, 0.15) is 0 Å². The molecule has 20 heavy (non-hydrogen) atoms. The van der Waals surface area contributed by atoms with Gasteiger partial charge in [0, 0.05) is 26.6 Å². The van der Waals surface area contributed by atoms with Gasteiger partial charge < -0.3 is 15.0 Å². The zero-order valence-corrected chi connectivity index (χ0v) is 13.9. The van der Waals surface area contributed by atoms with Crippen LogP contribution in [0.15, 0.2) is 0 Å². The number of rotatable bonds is 7. The van der Waals surface area contributed by atoms with Gasteiger partial charge in [0.25, 0.3) is 0 Å². The number of ether oxygens (including phenoxy) is 1. The van der Waals surface area contributed by atoms with E-state index < -0.39 is 0 Å². The second-order valence-electron chi connectivity index (χ2n) is 5.61. The van der Waals surface area contributed by atoms with Crippen molar-refractivity contribution in [1.82, 2.24) is 10.2 Å². The van der Waals surface area contributed by atoms with Gasteiger partial charge in [-0.3, -0.25) is 4.79 Å². The van der Waals surface area contributed by atoms with Crippen molar-refractivity contribution in [3.05, 3.63) is 0 Å². The van der Waals surface area contributed by atoms with E-state index in [-0.39, 0.29) is 12.0 Å². The van der Waals surface area contributed by atoms with Gasteiger partial charge in [0.05, 0.1) is 12.7 Å². The Hall–Kier alpha value is -0.610. The van der Waals surface area contributed by atoms with E-state index in [9.17, 15) is 4.79 Å². The lowest BCUT2D eigenvalue weighted by Gasteiger charge is -2.29. The molecule has 1 atom stereocenters. The van der Waals surface area contributed by atoms with E-state index in [1.165, 1.54) is 45.4 Å². The summed E-state index contributed by atoms with van der Waals surface area (Å²) in [7, 11) is 2.06. The van der Waals surface area contributed by atoms with Gasteiger partial charge in [-0.1, -0.05) is 52.4 Å². The summed E-state index contributed by atoms with van der Waals surface area (Å²) in [4.78, 5) is 12.8. The van der Waals surface area contributed by atoms with E-state index in [0.717, 1.165) is 19.7 Å². The van der Waals surface area contributed by atoms with Crippen LogP contribution in [0.4, 0.5) is 0 Å². The first-order chi connectivity index (χ1) is 9.60. The SMILES string of the molecule is CC(=O)NCC1CN(C)CCO1.CCCCCCCC. The van der Waals surface area contributed by atoms with E-state index >= 15 is 0 Å². The van der Waals surface area contributed by atoms with Crippen molar-refractivity contribution < 1.29 is 9.53 Å². The van der Waals surface area contributed by atoms with Gasteiger partial charge in [-0.25, -0.2) is 0 Å². The van der Waals surface area contributed by atoms with Crippen LogP contribution in [-0.2, 0) is 9.53 Å². The monoisotopic (exact) mass is 286 g/mol. The largest absolute Gasteiger partial charge is 0.374 e. The number of nitrogens with zero attached hydrogens (tertiary/aromatic N) is 1. The molecule has 1 rings (SSSR count). The first kappa shape index (κ1) is 19.4. The van der Waals surface area contributed by atoms with Crippen molar-refractivity contribution in [3.63, 3.8) is 0 Å². The minimum Gasteiger partial charge on any atom is -0.374 e. The molecule has 4 heteroatoms. The fourth-order valence-electron chi connectivity index (χ4n) is 2.10. The van der Waals surface area contributed by atoms with Crippen molar-refractivity contribution in [2.24, 2.45) is 0 Å². The first-order valence-corrected chi connectivity index (χ1v) is 8.14. The maximum atomic E-state index is 10.6. The van der Waals surface area contributed by atoms with Gasteiger partial charge in [-0.05, 0) is 7.05 Å². The predicted molar refractivity (Wildman–Crippen MR) is 85.0 cm³/mol. The maximum Gasteiger partial charge on any atom is 0.216 e. The Morgan fingerprint density at radius 3 is 2.25 bits per heavy atom. The summed E-state index contributed by atoms with van der Waals surface area (Å²) in [5.74, 6) is 0.00632. The molecule has 1 amide bonds. The second-order valence-corrected chi connectivity index (χ2v) is 5.61. The number of hydrogen-bond acceptors (Lipinski definition) is 3. The summed E-state index contributed by atoms with van der Waals surface area (Å²) in [6, 6.07) is 0. The van der Waals surface area contributed by atoms with Gasteiger partial charge in [-0.15, -0.1) is 0 Å². The van der Waals surface area contributed by atoms with Crippen LogP contribution in [0.25, 0.3) is 0 Å². The molecule has 1 aliphatic heterocycles. The number of likely N-dealkylation sites (N-methyl/N-ethyl adjacent to an activating group) is 1. The Morgan fingerprint density at radius 2 is 1.80 bits per heavy atom. The number of carbonyl (C=O) groups excluding carboxylic acids is 1. The average molecular weight is 286 g/mol. The molecule has 120 valence electrons. The fraction of sp³-hybridized carbons (Fsp3) is 0.938. The van der Waals surface area contributed by atoms with Crippen molar-refractivity contribution in [3.8, 4) is 0 Å². The zero-order chi connectivity index (χ0) is 15.2. The van der Waals surface area contributed by atoms with Gasteiger partial charge in [0.15, 0.2) is 0 Å². The predicted octanol–water partition coefficient (Wildman–Crippen LogP) is 2.82. The summed E-state index contributed by atoms with van der Waals surface area (Å²) < 4.78 is 5.44. The summed E-state index contributed by atoms with van der Waals surface area (Å²) in [5, 5.41) is 2.75. The smallest absolute Gasteiger partial charge is 0.216 e. The van der Waals surface area contributed by atoms with Crippen LogP contribution in [0.2, 0.25) is 0 Å². The number of amides is 1. The van der Waals surface area contributed by atoms with E-state index in [2.05, 4.69) is 31.1 Å². The van der Waals surface area contributed by atoms with Crippen LogP contribution < -0.4 is 5.32 Å². The molecule has 0 aromatic heterocycles. The lowest BCUT2D eigenvalue weighted by atomic mass is 10.1. The van der Waals surface area contributed by atoms with E-state index in [0.29, 0.717) is 6.54 Å². The second kappa shape index (κ2) is 13.4. The molecule has 1 N–H and O–H groups in total. The quantitative estimate of drug-likeness (QED) is 0.732. The van der Waals surface area contributed by atoms with Crippen molar-refractivity contribution in [2.75, 3.05) is 33.3 Å². The van der Waals surface area contributed by atoms with Crippen LogP contribution in [-0.4, -0.2) is 50.2 Å². The minimum absolute atomic E-state index is 0.00632. The molecule has 0 spiro atoms. The van der Waals surface area contributed by atoms with Crippen LogP contribution in [0, 0.1) is 0 Å². The average Bonchev–Trinajstić information content (AvgIpc) is 2.42. The topological polar surface area (TPSA) is 41.6 Å². The van der Waals surface area contributed by atoms with Crippen LogP contribution in [0.3, 0.4) is 0 Å². The van der Waals surface area contributed by atoms with Crippen LogP contribution in [0.1, 0.15) is 59.3 Å².